The van der Waals surface area contributed by atoms with Gasteiger partial charge >= 0.3 is 6.09 Å². The summed E-state index contributed by atoms with van der Waals surface area (Å²) in [4.78, 5) is 13.8. The molecule has 1 aliphatic heterocycles. The third-order valence-electron chi connectivity index (χ3n) is 3.84. The lowest BCUT2D eigenvalue weighted by Gasteiger charge is -2.25. The van der Waals surface area contributed by atoms with Crippen LogP contribution in [0.25, 0.3) is 0 Å². The normalized spacial score (nSPS) is 19.3. The SMILES string of the molecule is CC(NC1CCN(C(=O)OC(C)(C)C)C1)c1cccc(C#N)c1. The quantitative estimate of drug-likeness (QED) is 0.930. The predicted octanol–water partition coefficient (Wildman–Crippen LogP) is 3.22. The Kier molecular flexibility index (Phi) is 5.27. The summed E-state index contributed by atoms with van der Waals surface area (Å²) in [6, 6.07) is 10.1. The van der Waals surface area contributed by atoms with Crippen molar-refractivity contribution in [2.45, 2.75) is 51.8 Å². The molecule has 1 aromatic rings. The standard InChI is InChI=1S/C18H25N3O2/c1-13(15-7-5-6-14(10-15)11-19)20-16-8-9-21(12-16)17(22)23-18(2,3)4/h5-7,10,13,16,20H,8-9,12H2,1-4H3. The molecule has 1 saturated heterocycles. The average Bonchev–Trinajstić information content (AvgIpc) is 2.94. The molecule has 0 spiro atoms. The number of carbonyl (C=O) groups excluding carboxylic acids is 1. The maximum absolute atomic E-state index is 12.1. The van der Waals surface area contributed by atoms with E-state index in [4.69, 9.17) is 10.00 Å². The van der Waals surface area contributed by atoms with Gasteiger partial charge in [0.15, 0.2) is 0 Å². The van der Waals surface area contributed by atoms with Crippen LogP contribution in [-0.4, -0.2) is 35.7 Å². The molecule has 2 atom stereocenters. The molecule has 0 aliphatic carbocycles. The zero-order valence-corrected chi connectivity index (χ0v) is 14.3. The summed E-state index contributed by atoms with van der Waals surface area (Å²) in [6.07, 6.45) is 0.655. The monoisotopic (exact) mass is 315 g/mol. The number of hydrogen-bond acceptors (Lipinski definition) is 4. The second-order valence-corrected chi connectivity index (χ2v) is 7.04. The second-order valence-electron chi connectivity index (χ2n) is 7.04. The van der Waals surface area contributed by atoms with Gasteiger partial charge in [-0.1, -0.05) is 12.1 Å². The maximum Gasteiger partial charge on any atom is 0.410 e. The molecule has 5 heteroatoms. The van der Waals surface area contributed by atoms with E-state index in [2.05, 4.69) is 18.3 Å². The van der Waals surface area contributed by atoms with Gasteiger partial charge < -0.3 is 15.0 Å². The number of benzene rings is 1. The van der Waals surface area contributed by atoms with Gasteiger partial charge in [0.05, 0.1) is 11.6 Å². The molecular formula is C18H25N3O2. The smallest absolute Gasteiger partial charge is 0.410 e. The Labute approximate surface area is 138 Å². The van der Waals surface area contributed by atoms with Gasteiger partial charge in [-0.25, -0.2) is 4.79 Å². The average molecular weight is 315 g/mol. The minimum absolute atomic E-state index is 0.131. The molecule has 0 bridgehead atoms. The highest BCUT2D eigenvalue weighted by Gasteiger charge is 2.30. The van der Waals surface area contributed by atoms with Gasteiger partial charge in [0.2, 0.25) is 0 Å². The van der Waals surface area contributed by atoms with Gasteiger partial charge in [0, 0.05) is 25.2 Å². The van der Waals surface area contributed by atoms with Crippen LogP contribution in [0.1, 0.15) is 51.3 Å². The lowest BCUT2D eigenvalue weighted by molar-refractivity contribution is 0.0290. The first-order valence-electron chi connectivity index (χ1n) is 8.02. The van der Waals surface area contributed by atoms with E-state index >= 15 is 0 Å². The van der Waals surface area contributed by atoms with Crippen molar-refractivity contribution < 1.29 is 9.53 Å². The summed E-state index contributed by atoms with van der Waals surface area (Å²) in [5.74, 6) is 0. The predicted molar refractivity (Wildman–Crippen MR) is 88.9 cm³/mol. The summed E-state index contributed by atoms with van der Waals surface area (Å²) < 4.78 is 5.41. The summed E-state index contributed by atoms with van der Waals surface area (Å²) in [5.41, 5.74) is 1.28. The fraction of sp³-hybridized carbons (Fsp3) is 0.556. The molecule has 1 N–H and O–H groups in total. The van der Waals surface area contributed by atoms with Crippen LogP contribution in [0.2, 0.25) is 0 Å². The van der Waals surface area contributed by atoms with Crippen molar-refractivity contribution in [2.24, 2.45) is 0 Å². The number of hydrogen-bond donors (Lipinski definition) is 1. The first-order valence-corrected chi connectivity index (χ1v) is 8.02. The number of likely N-dealkylation sites (tertiary alicyclic amines) is 1. The molecule has 2 unspecified atom stereocenters. The minimum atomic E-state index is -0.465. The van der Waals surface area contributed by atoms with Crippen molar-refractivity contribution in [3.8, 4) is 6.07 Å². The number of carbonyl (C=O) groups is 1. The van der Waals surface area contributed by atoms with Crippen molar-refractivity contribution in [3.63, 3.8) is 0 Å². The van der Waals surface area contributed by atoms with Crippen LogP contribution in [0, 0.1) is 11.3 Å². The molecule has 0 saturated carbocycles. The van der Waals surface area contributed by atoms with Gasteiger partial charge in [-0.15, -0.1) is 0 Å². The Morgan fingerprint density at radius 3 is 2.87 bits per heavy atom. The summed E-state index contributed by atoms with van der Waals surface area (Å²) in [7, 11) is 0. The first-order chi connectivity index (χ1) is 10.8. The zero-order valence-electron chi connectivity index (χ0n) is 14.3. The van der Waals surface area contributed by atoms with Crippen LogP contribution >= 0.6 is 0 Å². The largest absolute Gasteiger partial charge is 0.444 e. The zero-order chi connectivity index (χ0) is 17.0. The molecule has 0 radical (unpaired) electrons. The topological polar surface area (TPSA) is 65.4 Å². The van der Waals surface area contributed by atoms with E-state index in [0.717, 1.165) is 12.0 Å². The highest BCUT2D eigenvalue weighted by molar-refractivity contribution is 5.68. The van der Waals surface area contributed by atoms with Gasteiger partial charge in [-0.2, -0.15) is 5.26 Å². The molecule has 1 heterocycles. The van der Waals surface area contributed by atoms with Crippen molar-refractivity contribution in [1.29, 1.82) is 5.26 Å². The van der Waals surface area contributed by atoms with Gasteiger partial charge in [0.1, 0.15) is 5.60 Å². The summed E-state index contributed by atoms with van der Waals surface area (Å²) >= 11 is 0. The van der Waals surface area contributed by atoms with Crippen LogP contribution in [-0.2, 0) is 4.74 Å². The van der Waals surface area contributed by atoms with Gasteiger partial charge in [0.25, 0.3) is 0 Å². The van der Waals surface area contributed by atoms with E-state index in [1.54, 1.807) is 11.0 Å². The molecule has 0 aromatic heterocycles. The number of nitriles is 1. The molecule has 1 amide bonds. The Bertz CT molecular complexity index is 601. The molecular weight excluding hydrogens is 290 g/mol. The molecule has 1 aliphatic rings. The Morgan fingerprint density at radius 1 is 1.48 bits per heavy atom. The molecule has 23 heavy (non-hydrogen) atoms. The van der Waals surface area contributed by atoms with Crippen LogP contribution in [0.3, 0.4) is 0 Å². The molecule has 1 fully saturated rings. The van der Waals surface area contributed by atoms with Gasteiger partial charge in [-0.3, -0.25) is 0 Å². The Morgan fingerprint density at radius 2 is 2.22 bits per heavy atom. The van der Waals surface area contributed by atoms with Crippen molar-refractivity contribution >= 4 is 6.09 Å². The van der Waals surface area contributed by atoms with Crippen LogP contribution in [0.5, 0.6) is 0 Å². The van der Waals surface area contributed by atoms with Gasteiger partial charge in [-0.05, 0) is 51.8 Å². The van der Waals surface area contributed by atoms with E-state index in [1.807, 2.05) is 39.0 Å². The Balaban J connectivity index is 1.90. The molecule has 1 aromatic carbocycles. The van der Waals surface area contributed by atoms with Crippen molar-refractivity contribution in [1.82, 2.24) is 10.2 Å². The molecule has 2 rings (SSSR count). The third-order valence-corrected chi connectivity index (χ3v) is 3.84. The number of nitrogens with zero attached hydrogens (tertiary/aromatic N) is 2. The number of nitrogens with one attached hydrogen (secondary N) is 1. The van der Waals surface area contributed by atoms with Crippen LogP contribution in [0.4, 0.5) is 4.79 Å². The molecule has 5 nitrogen and oxygen atoms in total. The van der Waals surface area contributed by atoms with E-state index in [1.165, 1.54) is 0 Å². The second kappa shape index (κ2) is 7.01. The fourth-order valence-corrected chi connectivity index (χ4v) is 2.72. The maximum atomic E-state index is 12.1. The Hall–Kier alpha value is -2.06. The highest BCUT2D eigenvalue weighted by Crippen LogP contribution is 2.19. The van der Waals surface area contributed by atoms with Crippen LogP contribution in [0.15, 0.2) is 24.3 Å². The van der Waals surface area contributed by atoms with Crippen molar-refractivity contribution in [3.05, 3.63) is 35.4 Å². The van der Waals surface area contributed by atoms with E-state index in [9.17, 15) is 4.79 Å². The van der Waals surface area contributed by atoms with E-state index in [-0.39, 0.29) is 18.2 Å². The van der Waals surface area contributed by atoms with E-state index < -0.39 is 5.60 Å². The summed E-state index contributed by atoms with van der Waals surface area (Å²) in [5, 5.41) is 12.5. The fourth-order valence-electron chi connectivity index (χ4n) is 2.72. The lowest BCUT2D eigenvalue weighted by Crippen LogP contribution is -2.39. The first kappa shape index (κ1) is 17.3. The van der Waals surface area contributed by atoms with E-state index in [0.29, 0.717) is 18.7 Å². The number of rotatable bonds is 3. The molecule has 124 valence electrons. The number of ether oxygens (including phenoxy) is 1. The minimum Gasteiger partial charge on any atom is -0.444 e. The highest BCUT2D eigenvalue weighted by atomic mass is 16.6. The van der Waals surface area contributed by atoms with Crippen molar-refractivity contribution in [2.75, 3.05) is 13.1 Å². The lowest BCUT2D eigenvalue weighted by atomic mass is 10.0. The third kappa shape index (κ3) is 4.97. The summed E-state index contributed by atoms with van der Waals surface area (Å²) in [6.45, 7) is 9.06. The van der Waals surface area contributed by atoms with Crippen LogP contribution < -0.4 is 5.32 Å². The number of amides is 1.